The number of hydrogen-bond acceptors (Lipinski definition) is 6. The molecule has 0 aliphatic carbocycles. The van der Waals surface area contributed by atoms with Gasteiger partial charge in [-0.2, -0.15) is 4.52 Å². The average Bonchev–Trinajstić information content (AvgIpc) is 2.95. The molecule has 0 bridgehead atoms. The van der Waals surface area contributed by atoms with Crippen LogP contribution < -0.4 is 5.56 Å². The van der Waals surface area contributed by atoms with E-state index in [0.717, 1.165) is 4.52 Å². The fourth-order valence-corrected chi connectivity index (χ4v) is 1.91. The Morgan fingerprint density at radius 2 is 2.00 bits per heavy atom. The lowest BCUT2D eigenvalue weighted by atomic mass is 10.2. The van der Waals surface area contributed by atoms with Gasteiger partial charge in [0.2, 0.25) is 0 Å². The Balaban J connectivity index is 2.13. The van der Waals surface area contributed by atoms with Gasteiger partial charge in [0.25, 0.3) is 5.78 Å². The fraction of sp³-hybridized carbons (Fsp3) is 0. The van der Waals surface area contributed by atoms with E-state index in [1.54, 1.807) is 18.2 Å². The molecular weight excluding hydrogens is 290 g/mol. The number of aromatic nitrogens is 4. The standard InChI is InChI=1S/C13H9N5O4/c19-9-4-1-8(2-5-9)3-6-10-11(18(21)22)12(20)17-13(16-10)14-7-15-17/h1-7,19H,(H,14,15,16). The third-order valence-electron chi connectivity index (χ3n) is 2.94. The van der Waals surface area contributed by atoms with E-state index in [1.165, 1.54) is 24.5 Å². The largest absolute Gasteiger partial charge is 0.508 e. The number of nitro groups is 1. The van der Waals surface area contributed by atoms with Crippen molar-refractivity contribution in [3.63, 3.8) is 0 Å². The van der Waals surface area contributed by atoms with Gasteiger partial charge in [-0.25, -0.2) is 9.97 Å². The lowest BCUT2D eigenvalue weighted by molar-refractivity contribution is -0.386. The van der Waals surface area contributed by atoms with Gasteiger partial charge in [0.05, 0.1) is 4.92 Å². The van der Waals surface area contributed by atoms with Crippen LogP contribution in [-0.2, 0) is 0 Å². The summed E-state index contributed by atoms with van der Waals surface area (Å²) >= 11 is 0. The zero-order valence-corrected chi connectivity index (χ0v) is 11.0. The first-order valence-corrected chi connectivity index (χ1v) is 6.14. The van der Waals surface area contributed by atoms with Crippen LogP contribution in [0.25, 0.3) is 17.9 Å². The van der Waals surface area contributed by atoms with E-state index >= 15 is 0 Å². The van der Waals surface area contributed by atoms with Crippen LogP contribution in [0.3, 0.4) is 0 Å². The minimum absolute atomic E-state index is 0.0426. The Hall–Kier alpha value is -3.49. The highest BCUT2D eigenvalue weighted by Crippen LogP contribution is 2.16. The minimum atomic E-state index is -0.835. The monoisotopic (exact) mass is 299 g/mol. The van der Waals surface area contributed by atoms with Gasteiger partial charge in [0.1, 0.15) is 12.1 Å². The van der Waals surface area contributed by atoms with Gasteiger partial charge in [0, 0.05) is 0 Å². The van der Waals surface area contributed by atoms with Crippen LogP contribution in [0.15, 0.2) is 35.4 Å². The van der Waals surface area contributed by atoms with Crippen LogP contribution in [0.4, 0.5) is 5.69 Å². The quantitative estimate of drug-likeness (QED) is 0.552. The zero-order chi connectivity index (χ0) is 15.7. The molecule has 0 saturated carbocycles. The summed E-state index contributed by atoms with van der Waals surface area (Å²) in [7, 11) is 0. The number of aromatic amines is 1. The molecule has 2 N–H and O–H groups in total. The summed E-state index contributed by atoms with van der Waals surface area (Å²) in [5, 5.41) is 22.8. The number of hydrogen-bond donors (Lipinski definition) is 2. The lowest BCUT2D eigenvalue weighted by Gasteiger charge is -1.98. The van der Waals surface area contributed by atoms with Crippen LogP contribution in [0.2, 0.25) is 0 Å². The van der Waals surface area contributed by atoms with E-state index in [4.69, 9.17) is 0 Å². The van der Waals surface area contributed by atoms with Gasteiger partial charge < -0.3 is 5.11 Å². The number of H-pyrrole nitrogens is 1. The molecule has 110 valence electrons. The molecule has 0 aliphatic rings. The molecule has 0 saturated heterocycles. The van der Waals surface area contributed by atoms with Crippen LogP contribution in [0, 0.1) is 10.1 Å². The van der Waals surface area contributed by atoms with E-state index in [2.05, 4.69) is 15.1 Å². The van der Waals surface area contributed by atoms with Crippen LogP contribution in [-0.4, -0.2) is 29.6 Å². The molecule has 0 aliphatic heterocycles. The number of nitrogens with zero attached hydrogens (tertiary/aromatic N) is 4. The smallest absolute Gasteiger partial charge is 0.361 e. The van der Waals surface area contributed by atoms with Gasteiger partial charge in [-0.3, -0.25) is 20.0 Å². The molecule has 0 amide bonds. The van der Waals surface area contributed by atoms with Gasteiger partial charge in [0.15, 0.2) is 5.69 Å². The Morgan fingerprint density at radius 1 is 1.27 bits per heavy atom. The molecule has 9 nitrogen and oxygen atoms in total. The van der Waals surface area contributed by atoms with Crippen molar-refractivity contribution >= 4 is 23.6 Å². The number of nitrogens with one attached hydrogen (secondary N) is 1. The van der Waals surface area contributed by atoms with E-state index in [1.807, 2.05) is 0 Å². The molecule has 2 aromatic heterocycles. The second-order valence-electron chi connectivity index (χ2n) is 4.36. The van der Waals surface area contributed by atoms with Gasteiger partial charge >= 0.3 is 11.2 Å². The Morgan fingerprint density at radius 3 is 2.68 bits per heavy atom. The molecule has 3 rings (SSSR count). The summed E-state index contributed by atoms with van der Waals surface area (Å²) in [6, 6.07) is 6.20. The molecular formula is C13H9N5O4. The zero-order valence-electron chi connectivity index (χ0n) is 11.0. The maximum absolute atomic E-state index is 12.1. The number of phenolic OH excluding ortho intramolecular Hbond substituents is 1. The van der Waals surface area contributed by atoms with E-state index < -0.39 is 16.2 Å². The first kappa shape index (κ1) is 13.5. The lowest BCUT2D eigenvalue weighted by Crippen LogP contribution is -2.20. The molecule has 0 spiro atoms. The Kier molecular flexibility index (Phi) is 3.14. The van der Waals surface area contributed by atoms with Gasteiger partial charge in [-0.05, 0) is 23.8 Å². The third-order valence-corrected chi connectivity index (χ3v) is 2.94. The SMILES string of the molecule is O=c1c([N+](=O)[O-])c(C=Cc2ccc(O)cc2)nc2nc[nH]n12. The van der Waals surface area contributed by atoms with Crippen molar-refractivity contribution in [1.29, 1.82) is 0 Å². The maximum atomic E-state index is 12.1. The number of rotatable bonds is 3. The molecule has 0 fully saturated rings. The van der Waals surface area contributed by atoms with Gasteiger partial charge in [-0.1, -0.05) is 18.2 Å². The van der Waals surface area contributed by atoms with Crippen molar-refractivity contribution < 1.29 is 10.0 Å². The van der Waals surface area contributed by atoms with Crippen LogP contribution in [0.1, 0.15) is 11.3 Å². The number of aromatic hydroxyl groups is 1. The minimum Gasteiger partial charge on any atom is -0.508 e. The second-order valence-corrected chi connectivity index (χ2v) is 4.36. The fourth-order valence-electron chi connectivity index (χ4n) is 1.91. The molecule has 22 heavy (non-hydrogen) atoms. The number of benzene rings is 1. The van der Waals surface area contributed by atoms with Crippen molar-refractivity contribution in [2.75, 3.05) is 0 Å². The summed E-state index contributed by atoms with van der Waals surface area (Å²) in [4.78, 5) is 30.2. The highest BCUT2D eigenvalue weighted by Gasteiger charge is 2.22. The molecule has 3 aromatic rings. The first-order valence-electron chi connectivity index (χ1n) is 6.14. The highest BCUT2D eigenvalue weighted by molar-refractivity contribution is 5.72. The third kappa shape index (κ3) is 2.30. The molecule has 0 unspecified atom stereocenters. The van der Waals surface area contributed by atoms with Crippen molar-refractivity contribution in [3.8, 4) is 5.75 Å². The van der Waals surface area contributed by atoms with E-state index in [0.29, 0.717) is 5.56 Å². The average molecular weight is 299 g/mol. The predicted octanol–water partition coefficient (Wildman–Crippen LogP) is 1.20. The van der Waals surface area contributed by atoms with Crippen molar-refractivity contribution in [3.05, 3.63) is 62.3 Å². The highest BCUT2D eigenvalue weighted by atomic mass is 16.6. The van der Waals surface area contributed by atoms with E-state index in [-0.39, 0.29) is 17.2 Å². The van der Waals surface area contributed by atoms with Crippen LogP contribution >= 0.6 is 0 Å². The summed E-state index contributed by atoms with van der Waals surface area (Å²) in [6.07, 6.45) is 4.14. The predicted molar refractivity (Wildman–Crippen MR) is 77.3 cm³/mol. The number of fused-ring (bicyclic) bond motifs is 1. The van der Waals surface area contributed by atoms with Crippen LogP contribution in [0.5, 0.6) is 5.75 Å². The summed E-state index contributed by atoms with van der Waals surface area (Å²) in [5.41, 5.74) is -0.874. The van der Waals surface area contributed by atoms with E-state index in [9.17, 15) is 20.0 Å². The molecule has 0 atom stereocenters. The molecule has 2 heterocycles. The molecule has 1 aromatic carbocycles. The molecule has 9 heteroatoms. The molecule has 0 radical (unpaired) electrons. The summed E-state index contributed by atoms with van der Waals surface area (Å²) < 4.78 is 0.899. The summed E-state index contributed by atoms with van der Waals surface area (Å²) in [6.45, 7) is 0. The van der Waals surface area contributed by atoms with Gasteiger partial charge in [-0.15, -0.1) is 0 Å². The van der Waals surface area contributed by atoms with Crippen molar-refractivity contribution in [2.45, 2.75) is 0 Å². The van der Waals surface area contributed by atoms with Crippen molar-refractivity contribution in [2.24, 2.45) is 0 Å². The normalized spacial score (nSPS) is 11.3. The first-order chi connectivity index (χ1) is 10.6. The maximum Gasteiger partial charge on any atom is 0.361 e. The summed E-state index contributed by atoms with van der Waals surface area (Å²) in [5.74, 6) is 0.151. The topological polar surface area (TPSA) is 126 Å². The number of phenols is 1. The van der Waals surface area contributed by atoms with Crippen molar-refractivity contribution in [1.82, 2.24) is 19.6 Å². The Bertz CT molecular complexity index is 939. The Labute approximate surface area is 122 Å². The second kappa shape index (κ2) is 5.13.